The van der Waals surface area contributed by atoms with Crippen molar-refractivity contribution in [3.8, 4) is 11.3 Å². The summed E-state index contributed by atoms with van der Waals surface area (Å²) < 4.78 is 4.90. The van der Waals surface area contributed by atoms with Crippen molar-refractivity contribution in [2.24, 2.45) is 0 Å². The van der Waals surface area contributed by atoms with Gasteiger partial charge in [0.25, 0.3) is 0 Å². The molecule has 1 aromatic carbocycles. The van der Waals surface area contributed by atoms with Crippen LogP contribution in [-0.2, 0) is 0 Å². The van der Waals surface area contributed by atoms with Crippen LogP contribution in [0.4, 0.5) is 5.88 Å². The molecule has 0 amide bonds. The van der Waals surface area contributed by atoms with Crippen molar-refractivity contribution in [1.82, 2.24) is 5.16 Å². The molecular weight excluding hydrogens is 188 g/mol. The molecule has 0 bridgehead atoms. The molecule has 76 valence electrons. The third-order valence-electron chi connectivity index (χ3n) is 2.78. The zero-order valence-corrected chi connectivity index (χ0v) is 8.31. The van der Waals surface area contributed by atoms with E-state index in [-0.39, 0.29) is 0 Å². The molecule has 1 heterocycles. The fourth-order valence-electron chi connectivity index (χ4n) is 1.90. The van der Waals surface area contributed by atoms with E-state index in [1.807, 2.05) is 6.07 Å². The van der Waals surface area contributed by atoms with Crippen molar-refractivity contribution in [3.63, 3.8) is 0 Å². The van der Waals surface area contributed by atoms with Crippen LogP contribution in [0.3, 0.4) is 0 Å². The first kappa shape index (κ1) is 8.53. The number of rotatable bonds is 2. The number of aromatic nitrogens is 1. The summed E-state index contributed by atoms with van der Waals surface area (Å²) in [6.45, 7) is 0. The highest BCUT2D eigenvalue weighted by atomic mass is 16.5. The smallest absolute Gasteiger partial charge is 0.222 e. The quantitative estimate of drug-likeness (QED) is 0.810. The lowest BCUT2D eigenvalue weighted by molar-refractivity contribution is 0.439. The summed E-state index contributed by atoms with van der Waals surface area (Å²) >= 11 is 0. The molecule has 0 aliphatic heterocycles. The van der Waals surface area contributed by atoms with Crippen LogP contribution in [0.15, 0.2) is 34.9 Å². The van der Waals surface area contributed by atoms with Gasteiger partial charge in [-0.05, 0) is 24.3 Å². The number of nitrogen functional groups attached to an aromatic ring is 1. The van der Waals surface area contributed by atoms with Crippen LogP contribution in [0, 0.1) is 0 Å². The minimum atomic E-state index is 0.371. The lowest BCUT2D eigenvalue weighted by Gasteiger charge is -2.03. The summed E-state index contributed by atoms with van der Waals surface area (Å²) in [4.78, 5) is 0. The van der Waals surface area contributed by atoms with Gasteiger partial charge < -0.3 is 10.3 Å². The molecule has 0 atom stereocenters. The normalized spacial score (nSPS) is 15.5. The molecule has 1 aromatic heterocycles. The van der Waals surface area contributed by atoms with Gasteiger partial charge in [0.1, 0.15) is 5.69 Å². The van der Waals surface area contributed by atoms with Crippen LogP contribution in [-0.4, -0.2) is 5.16 Å². The van der Waals surface area contributed by atoms with Crippen molar-refractivity contribution in [3.05, 3.63) is 35.9 Å². The Bertz CT molecular complexity index is 486. The molecule has 0 radical (unpaired) electrons. The minimum absolute atomic E-state index is 0.371. The molecule has 2 N–H and O–H groups in total. The lowest BCUT2D eigenvalue weighted by Crippen LogP contribution is -1.86. The highest BCUT2D eigenvalue weighted by Gasteiger charge is 2.26. The monoisotopic (exact) mass is 200 g/mol. The van der Waals surface area contributed by atoms with Crippen molar-refractivity contribution < 1.29 is 4.52 Å². The maximum Gasteiger partial charge on any atom is 0.222 e. The van der Waals surface area contributed by atoms with Gasteiger partial charge in [-0.15, -0.1) is 0 Å². The van der Waals surface area contributed by atoms with Gasteiger partial charge in [0.05, 0.1) is 0 Å². The highest BCUT2D eigenvalue weighted by molar-refractivity contribution is 5.66. The molecule has 3 nitrogen and oxygen atoms in total. The Morgan fingerprint density at radius 1 is 1.27 bits per heavy atom. The van der Waals surface area contributed by atoms with E-state index in [1.165, 1.54) is 18.4 Å². The van der Waals surface area contributed by atoms with Crippen LogP contribution in [0.5, 0.6) is 0 Å². The van der Waals surface area contributed by atoms with E-state index in [1.54, 1.807) is 6.07 Å². The van der Waals surface area contributed by atoms with Crippen LogP contribution >= 0.6 is 0 Å². The van der Waals surface area contributed by atoms with Crippen LogP contribution in [0.2, 0.25) is 0 Å². The topological polar surface area (TPSA) is 52.0 Å². The Kier molecular flexibility index (Phi) is 1.78. The van der Waals surface area contributed by atoms with Gasteiger partial charge in [-0.2, -0.15) is 0 Å². The van der Waals surface area contributed by atoms with E-state index in [0.29, 0.717) is 11.8 Å². The van der Waals surface area contributed by atoms with Gasteiger partial charge in [0.2, 0.25) is 5.88 Å². The second-order valence-corrected chi connectivity index (χ2v) is 3.98. The predicted molar refractivity (Wildman–Crippen MR) is 58.3 cm³/mol. The molecule has 0 saturated heterocycles. The van der Waals surface area contributed by atoms with E-state index in [9.17, 15) is 0 Å². The maximum absolute atomic E-state index is 5.53. The summed E-state index contributed by atoms with van der Waals surface area (Å²) in [5, 5.41) is 3.96. The first-order valence-corrected chi connectivity index (χ1v) is 5.16. The van der Waals surface area contributed by atoms with Gasteiger partial charge in [0, 0.05) is 11.6 Å². The van der Waals surface area contributed by atoms with Crippen LogP contribution < -0.4 is 5.73 Å². The number of hydrogen-bond donors (Lipinski definition) is 1. The Hall–Kier alpha value is -1.77. The summed E-state index contributed by atoms with van der Waals surface area (Å²) in [5.41, 5.74) is 8.89. The molecular formula is C12H12N2O. The second kappa shape index (κ2) is 3.12. The zero-order valence-electron chi connectivity index (χ0n) is 8.31. The molecule has 3 heteroatoms. The number of anilines is 1. The Morgan fingerprint density at radius 3 is 2.73 bits per heavy atom. The zero-order chi connectivity index (χ0) is 10.3. The second-order valence-electron chi connectivity index (χ2n) is 3.98. The van der Waals surface area contributed by atoms with Gasteiger partial charge in [-0.1, -0.05) is 29.4 Å². The first-order chi connectivity index (χ1) is 7.34. The predicted octanol–water partition coefficient (Wildman–Crippen LogP) is 2.80. The van der Waals surface area contributed by atoms with Crippen molar-refractivity contribution >= 4 is 5.88 Å². The van der Waals surface area contributed by atoms with Crippen molar-refractivity contribution in [2.75, 3.05) is 5.73 Å². The summed E-state index contributed by atoms with van der Waals surface area (Å²) in [5.74, 6) is 1.08. The van der Waals surface area contributed by atoms with Crippen LogP contribution in [0.25, 0.3) is 11.3 Å². The number of nitrogens with two attached hydrogens (primary N) is 1. The minimum Gasteiger partial charge on any atom is -0.368 e. The summed E-state index contributed by atoms with van der Waals surface area (Å²) in [6.07, 6.45) is 2.56. The van der Waals surface area contributed by atoms with E-state index in [4.69, 9.17) is 10.3 Å². The average molecular weight is 200 g/mol. The maximum atomic E-state index is 5.53. The van der Waals surface area contributed by atoms with Gasteiger partial charge in [0.15, 0.2) is 0 Å². The fourth-order valence-corrected chi connectivity index (χ4v) is 1.90. The average Bonchev–Trinajstić information content (AvgIpc) is 3.02. The molecule has 2 aromatic rings. The first-order valence-electron chi connectivity index (χ1n) is 5.16. The van der Waals surface area contributed by atoms with Crippen molar-refractivity contribution in [1.29, 1.82) is 0 Å². The van der Waals surface area contributed by atoms with E-state index >= 15 is 0 Å². The lowest BCUT2D eigenvalue weighted by atomic mass is 10.0. The summed E-state index contributed by atoms with van der Waals surface area (Å²) in [7, 11) is 0. The van der Waals surface area contributed by atoms with Gasteiger partial charge >= 0.3 is 0 Å². The van der Waals surface area contributed by atoms with Gasteiger partial charge in [-0.3, -0.25) is 0 Å². The van der Waals surface area contributed by atoms with Crippen LogP contribution in [0.1, 0.15) is 24.3 Å². The molecule has 0 spiro atoms. The number of hydrogen-bond acceptors (Lipinski definition) is 3. The van der Waals surface area contributed by atoms with E-state index in [0.717, 1.165) is 11.3 Å². The molecule has 3 rings (SSSR count). The third kappa shape index (κ3) is 1.50. The molecule has 1 aliphatic rings. The van der Waals surface area contributed by atoms with Gasteiger partial charge in [-0.25, -0.2) is 0 Å². The number of nitrogens with zero attached hydrogens (tertiary/aromatic N) is 1. The molecule has 1 aliphatic carbocycles. The fraction of sp³-hybridized carbons (Fsp3) is 0.250. The Balaban J connectivity index is 2.10. The molecule has 15 heavy (non-hydrogen) atoms. The standard InChI is InChI=1S/C12H12N2O/c13-12-7-11(14-15-12)10-4-2-1-3-9(10)8-5-6-8/h1-4,7-8H,5-6,13H2. The largest absolute Gasteiger partial charge is 0.368 e. The van der Waals surface area contributed by atoms with E-state index < -0.39 is 0 Å². The molecule has 0 unspecified atom stereocenters. The summed E-state index contributed by atoms with van der Waals surface area (Å²) in [6, 6.07) is 10.1. The van der Waals surface area contributed by atoms with E-state index in [2.05, 4.69) is 23.4 Å². The van der Waals surface area contributed by atoms with Crippen molar-refractivity contribution in [2.45, 2.75) is 18.8 Å². The Morgan fingerprint density at radius 2 is 2.07 bits per heavy atom. The molecule has 1 fully saturated rings. The third-order valence-corrected chi connectivity index (χ3v) is 2.78. The highest BCUT2D eigenvalue weighted by Crippen LogP contribution is 2.44. The Labute approximate surface area is 87.9 Å². The molecule has 1 saturated carbocycles. The SMILES string of the molecule is Nc1cc(-c2ccccc2C2CC2)no1. The number of benzene rings is 1.